The second-order valence-electron chi connectivity index (χ2n) is 7.48. The Morgan fingerprint density at radius 1 is 1.26 bits per heavy atom. The van der Waals surface area contributed by atoms with Crippen LogP contribution in [0.5, 0.6) is 0 Å². The van der Waals surface area contributed by atoms with Gasteiger partial charge in [-0.1, -0.05) is 39.3 Å². The molecule has 0 fully saturated rings. The molecule has 0 bridgehead atoms. The summed E-state index contributed by atoms with van der Waals surface area (Å²) in [6.45, 7) is 6.19. The van der Waals surface area contributed by atoms with Crippen molar-refractivity contribution in [3.05, 3.63) is 51.2 Å². The van der Waals surface area contributed by atoms with E-state index in [0.717, 1.165) is 12.8 Å². The minimum absolute atomic E-state index is 0.273. The van der Waals surface area contributed by atoms with Crippen LogP contribution in [0.15, 0.2) is 30.3 Å². The number of carbonyl (C=O) groups is 2. The topological polar surface area (TPSA) is 55.4 Å². The fraction of sp³-hybridized carbons (Fsp3) is 0.455. The van der Waals surface area contributed by atoms with Crippen LogP contribution in [0, 0.1) is 5.92 Å². The fourth-order valence-corrected chi connectivity index (χ4v) is 4.50. The summed E-state index contributed by atoms with van der Waals surface area (Å²) < 4.78 is 5.21. The molecule has 0 radical (unpaired) electrons. The molecular weight excluding hydrogens is 358 g/mol. The molecule has 1 heterocycles. The first kappa shape index (κ1) is 19.6. The van der Waals surface area contributed by atoms with E-state index in [9.17, 15) is 9.59 Å². The number of fused-ring (bicyclic) bond motifs is 1. The third-order valence-corrected chi connectivity index (χ3v) is 6.38. The number of nitrogens with one attached hydrogen (secondary N) is 1. The van der Waals surface area contributed by atoms with Gasteiger partial charge in [0, 0.05) is 10.6 Å². The Bertz CT molecular complexity index is 807. The maximum Gasteiger partial charge on any atom is 0.348 e. The maximum atomic E-state index is 12.3. The highest BCUT2D eigenvalue weighted by molar-refractivity contribution is 7.14. The van der Waals surface area contributed by atoms with Crippen LogP contribution in [0.4, 0.5) is 5.69 Å². The molecule has 2 aromatic rings. The lowest BCUT2D eigenvalue weighted by atomic mass is 9.87. The number of benzene rings is 1. The SMILES string of the molecule is CC[C@@H]1CCc2sc(C(=O)OCC(=O)Nc3ccc(C(C)C)cc3)cc2C1. The second kappa shape index (κ2) is 8.70. The summed E-state index contributed by atoms with van der Waals surface area (Å²) in [6.07, 6.45) is 4.45. The highest BCUT2D eigenvalue weighted by Crippen LogP contribution is 2.33. The standard InChI is InChI=1S/C22H27NO3S/c1-4-15-5-10-19-17(11-15)12-20(27-19)22(25)26-13-21(24)23-18-8-6-16(7-9-18)14(2)3/h6-9,12,14-15H,4-5,10-11,13H2,1-3H3,(H,23,24)/t15-/m1/s1. The van der Waals surface area contributed by atoms with E-state index in [0.29, 0.717) is 22.4 Å². The van der Waals surface area contributed by atoms with Gasteiger partial charge >= 0.3 is 5.97 Å². The molecular formula is C22H27NO3S. The van der Waals surface area contributed by atoms with E-state index < -0.39 is 5.97 Å². The lowest BCUT2D eigenvalue weighted by Crippen LogP contribution is -2.20. The van der Waals surface area contributed by atoms with Crippen molar-refractivity contribution in [2.45, 2.75) is 52.4 Å². The summed E-state index contributed by atoms with van der Waals surface area (Å²) in [7, 11) is 0. The molecule has 27 heavy (non-hydrogen) atoms. The van der Waals surface area contributed by atoms with Gasteiger partial charge in [-0.15, -0.1) is 11.3 Å². The highest BCUT2D eigenvalue weighted by Gasteiger charge is 2.23. The number of thiophene rings is 1. The highest BCUT2D eigenvalue weighted by atomic mass is 32.1. The quantitative estimate of drug-likeness (QED) is 0.697. The van der Waals surface area contributed by atoms with Crippen molar-refractivity contribution < 1.29 is 14.3 Å². The van der Waals surface area contributed by atoms with E-state index >= 15 is 0 Å². The van der Waals surface area contributed by atoms with E-state index in [1.54, 1.807) is 0 Å². The monoisotopic (exact) mass is 385 g/mol. The van der Waals surface area contributed by atoms with Crippen molar-refractivity contribution >= 4 is 28.9 Å². The first-order valence-electron chi connectivity index (χ1n) is 9.64. The number of hydrogen-bond acceptors (Lipinski definition) is 4. The van der Waals surface area contributed by atoms with Crippen LogP contribution >= 0.6 is 11.3 Å². The van der Waals surface area contributed by atoms with Crippen LogP contribution in [0.3, 0.4) is 0 Å². The average Bonchev–Trinajstić information content (AvgIpc) is 3.09. The third kappa shape index (κ3) is 4.98. The van der Waals surface area contributed by atoms with Crippen LogP contribution in [0.25, 0.3) is 0 Å². The zero-order chi connectivity index (χ0) is 19.4. The number of esters is 1. The molecule has 4 nitrogen and oxygen atoms in total. The Morgan fingerprint density at radius 2 is 2.00 bits per heavy atom. The molecule has 1 aliphatic rings. The van der Waals surface area contributed by atoms with E-state index in [1.807, 2.05) is 30.3 Å². The van der Waals surface area contributed by atoms with Crippen molar-refractivity contribution in [3.63, 3.8) is 0 Å². The number of rotatable bonds is 6. The molecule has 1 aromatic carbocycles. The van der Waals surface area contributed by atoms with E-state index in [1.165, 1.54) is 40.2 Å². The van der Waals surface area contributed by atoms with Crippen molar-refractivity contribution in [1.82, 2.24) is 0 Å². The largest absolute Gasteiger partial charge is 0.451 e. The molecule has 0 spiro atoms. The first-order valence-corrected chi connectivity index (χ1v) is 10.5. The molecule has 1 N–H and O–H groups in total. The number of hydrogen-bond donors (Lipinski definition) is 1. The van der Waals surface area contributed by atoms with E-state index in [4.69, 9.17) is 4.74 Å². The number of aryl methyl sites for hydroxylation is 1. The Balaban J connectivity index is 1.51. The first-order chi connectivity index (χ1) is 13.0. The third-order valence-electron chi connectivity index (χ3n) is 5.16. The molecule has 1 aromatic heterocycles. The summed E-state index contributed by atoms with van der Waals surface area (Å²) in [5, 5.41) is 2.76. The number of ether oxygens (including phenoxy) is 1. The Kier molecular flexibility index (Phi) is 6.32. The molecule has 5 heteroatoms. The van der Waals surface area contributed by atoms with Gasteiger partial charge in [-0.2, -0.15) is 0 Å². The van der Waals surface area contributed by atoms with E-state index in [2.05, 4.69) is 26.1 Å². The molecule has 1 amide bonds. The van der Waals surface area contributed by atoms with Crippen LogP contribution in [-0.2, 0) is 22.4 Å². The van der Waals surface area contributed by atoms with Crippen LogP contribution in [0.2, 0.25) is 0 Å². The summed E-state index contributed by atoms with van der Waals surface area (Å²) in [4.78, 5) is 26.3. The molecule has 0 unspecified atom stereocenters. The van der Waals surface area contributed by atoms with Crippen LogP contribution < -0.4 is 5.32 Å². The van der Waals surface area contributed by atoms with Gasteiger partial charge in [0.05, 0.1) is 0 Å². The van der Waals surface area contributed by atoms with Gasteiger partial charge in [0.15, 0.2) is 6.61 Å². The minimum Gasteiger partial charge on any atom is -0.451 e. The Hall–Kier alpha value is -2.14. The van der Waals surface area contributed by atoms with Crippen LogP contribution in [0.1, 0.15) is 65.2 Å². The second-order valence-corrected chi connectivity index (χ2v) is 8.61. The Morgan fingerprint density at radius 3 is 2.67 bits per heavy atom. The molecule has 0 saturated carbocycles. The van der Waals surface area contributed by atoms with Gasteiger partial charge in [0.2, 0.25) is 0 Å². The predicted molar refractivity (Wildman–Crippen MR) is 110 cm³/mol. The van der Waals surface area contributed by atoms with Gasteiger partial charge in [0.1, 0.15) is 4.88 Å². The smallest absolute Gasteiger partial charge is 0.348 e. The summed E-state index contributed by atoms with van der Waals surface area (Å²) in [5.41, 5.74) is 3.20. The summed E-state index contributed by atoms with van der Waals surface area (Å²) in [5.74, 6) is 0.421. The molecule has 3 rings (SSSR count). The average molecular weight is 386 g/mol. The maximum absolute atomic E-state index is 12.3. The molecule has 144 valence electrons. The normalized spacial score (nSPS) is 16.1. The van der Waals surface area contributed by atoms with Crippen molar-refractivity contribution in [2.24, 2.45) is 5.92 Å². The summed E-state index contributed by atoms with van der Waals surface area (Å²) >= 11 is 1.51. The van der Waals surface area contributed by atoms with Gasteiger partial charge in [-0.3, -0.25) is 4.79 Å². The zero-order valence-electron chi connectivity index (χ0n) is 16.2. The molecule has 0 aliphatic heterocycles. The number of carbonyl (C=O) groups excluding carboxylic acids is 2. The minimum atomic E-state index is -0.409. The molecule has 1 atom stereocenters. The van der Waals surface area contributed by atoms with Crippen molar-refractivity contribution in [2.75, 3.05) is 11.9 Å². The van der Waals surface area contributed by atoms with Gasteiger partial charge in [-0.25, -0.2) is 4.79 Å². The van der Waals surface area contributed by atoms with Crippen molar-refractivity contribution in [1.29, 1.82) is 0 Å². The lowest BCUT2D eigenvalue weighted by molar-refractivity contribution is -0.119. The zero-order valence-corrected chi connectivity index (χ0v) is 17.0. The van der Waals surface area contributed by atoms with Crippen molar-refractivity contribution in [3.8, 4) is 0 Å². The Labute approximate surface area is 164 Å². The van der Waals surface area contributed by atoms with Gasteiger partial charge in [0.25, 0.3) is 5.91 Å². The fourth-order valence-electron chi connectivity index (χ4n) is 3.40. The van der Waals surface area contributed by atoms with Gasteiger partial charge in [-0.05, 0) is 60.4 Å². The van der Waals surface area contributed by atoms with Crippen LogP contribution in [-0.4, -0.2) is 18.5 Å². The predicted octanol–water partition coefficient (Wildman–Crippen LogP) is 5.18. The number of amides is 1. The number of anilines is 1. The molecule has 0 saturated heterocycles. The lowest BCUT2D eigenvalue weighted by Gasteiger charge is -2.19. The van der Waals surface area contributed by atoms with Gasteiger partial charge < -0.3 is 10.1 Å². The molecule has 1 aliphatic carbocycles. The summed E-state index contributed by atoms with van der Waals surface area (Å²) in [6, 6.07) is 9.67. The van der Waals surface area contributed by atoms with E-state index in [-0.39, 0.29) is 12.5 Å².